The lowest BCUT2D eigenvalue weighted by Crippen LogP contribution is -2.28. The van der Waals surface area contributed by atoms with Crippen molar-refractivity contribution in [1.82, 2.24) is 0 Å². The van der Waals surface area contributed by atoms with E-state index in [1.807, 2.05) is 0 Å². The van der Waals surface area contributed by atoms with Crippen molar-refractivity contribution in [1.29, 1.82) is 0 Å². The van der Waals surface area contributed by atoms with E-state index < -0.39 is 17.3 Å². The average Bonchev–Trinajstić information content (AvgIpc) is 2.14. The molecule has 0 aliphatic heterocycles. The van der Waals surface area contributed by atoms with Gasteiger partial charge in [-0.1, -0.05) is 6.07 Å². The van der Waals surface area contributed by atoms with Crippen molar-refractivity contribution < 1.29 is 17.9 Å². The van der Waals surface area contributed by atoms with Crippen LogP contribution in [0.25, 0.3) is 0 Å². The molecule has 5 heteroatoms. The monoisotopic (exact) mass is 233 g/mol. The first-order valence-corrected chi connectivity index (χ1v) is 4.71. The number of methoxy groups -OCH3 is 1. The van der Waals surface area contributed by atoms with Crippen LogP contribution in [0.15, 0.2) is 18.2 Å². The summed E-state index contributed by atoms with van der Waals surface area (Å²) in [5.74, 6) is -0.205. The van der Waals surface area contributed by atoms with Crippen molar-refractivity contribution in [3.05, 3.63) is 29.3 Å². The van der Waals surface area contributed by atoms with E-state index in [9.17, 15) is 13.2 Å². The summed E-state index contributed by atoms with van der Waals surface area (Å²) in [4.78, 5) is 0. The van der Waals surface area contributed by atoms with Gasteiger partial charge in [-0.3, -0.25) is 0 Å². The van der Waals surface area contributed by atoms with E-state index in [1.54, 1.807) is 13.8 Å². The quantitative estimate of drug-likeness (QED) is 0.852. The molecule has 0 spiro atoms. The van der Waals surface area contributed by atoms with Gasteiger partial charge in [0, 0.05) is 5.54 Å². The Hall–Kier alpha value is -1.23. The number of nitrogens with two attached hydrogens (primary N) is 1. The lowest BCUT2D eigenvalue weighted by Gasteiger charge is -2.21. The minimum absolute atomic E-state index is 0.205. The molecule has 0 fully saturated rings. The van der Waals surface area contributed by atoms with Crippen molar-refractivity contribution in [2.24, 2.45) is 5.73 Å². The van der Waals surface area contributed by atoms with Crippen LogP contribution in [0.2, 0.25) is 0 Å². The van der Waals surface area contributed by atoms with Gasteiger partial charge >= 0.3 is 6.18 Å². The standard InChI is InChI=1S/C11H14F3NO/c1-10(2,15)7-4-5-8(11(12,13)14)9(6-7)16-3/h4-6H,15H2,1-3H3. The maximum Gasteiger partial charge on any atom is 0.419 e. The summed E-state index contributed by atoms with van der Waals surface area (Å²) >= 11 is 0. The van der Waals surface area contributed by atoms with Gasteiger partial charge in [0.05, 0.1) is 12.7 Å². The van der Waals surface area contributed by atoms with Crippen LogP contribution in [0.3, 0.4) is 0 Å². The molecule has 0 aromatic heterocycles. The molecule has 0 aliphatic carbocycles. The Morgan fingerprint density at radius 3 is 2.12 bits per heavy atom. The van der Waals surface area contributed by atoms with Crippen LogP contribution < -0.4 is 10.5 Å². The molecule has 0 saturated carbocycles. The van der Waals surface area contributed by atoms with Crippen LogP contribution in [0.1, 0.15) is 25.0 Å². The first kappa shape index (κ1) is 12.8. The Labute approximate surface area is 92.2 Å². The van der Waals surface area contributed by atoms with Crippen LogP contribution in [-0.2, 0) is 11.7 Å². The first-order chi connectivity index (χ1) is 7.16. The Balaban J connectivity index is 3.28. The molecule has 2 nitrogen and oxygen atoms in total. The van der Waals surface area contributed by atoms with E-state index in [1.165, 1.54) is 19.2 Å². The van der Waals surface area contributed by atoms with Gasteiger partial charge in [-0.2, -0.15) is 13.2 Å². The van der Waals surface area contributed by atoms with Crippen LogP contribution in [-0.4, -0.2) is 7.11 Å². The van der Waals surface area contributed by atoms with E-state index in [0.29, 0.717) is 5.56 Å². The molecule has 0 amide bonds. The molecule has 0 radical (unpaired) electrons. The largest absolute Gasteiger partial charge is 0.496 e. The molecular weight excluding hydrogens is 219 g/mol. The number of rotatable bonds is 2. The zero-order valence-electron chi connectivity index (χ0n) is 9.35. The van der Waals surface area contributed by atoms with Crippen LogP contribution in [0.4, 0.5) is 13.2 Å². The number of hydrogen-bond acceptors (Lipinski definition) is 2. The molecule has 0 aliphatic rings. The third kappa shape index (κ3) is 2.66. The van der Waals surface area contributed by atoms with E-state index in [-0.39, 0.29) is 5.75 Å². The average molecular weight is 233 g/mol. The molecule has 1 aromatic rings. The molecule has 1 aromatic carbocycles. The fourth-order valence-corrected chi connectivity index (χ4v) is 1.33. The summed E-state index contributed by atoms with van der Waals surface area (Å²) in [7, 11) is 1.21. The highest BCUT2D eigenvalue weighted by atomic mass is 19.4. The van der Waals surface area contributed by atoms with E-state index in [2.05, 4.69) is 0 Å². The minimum atomic E-state index is -4.41. The topological polar surface area (TPSA) is 35.2 Å². The zero-order chi connectivity index (χ0) is 12.6. The molecule has 0 unspecified atom stereocenters. The number of alkyl halides is 3. The van der Waals surface area contributed by atoms with Gasteiger partial charge in [-0.05, 0) is 31.5 Å². The van der Waals surface area contributed by atoms with Gasteiger partial charge < -0.3 is 10.5 Å². The third-order valence-corrected chi connectivity index (χ3v) is 2.25. The maximum absolute atomic E-state index is 12.6. The van der Waals surface area contributed by atoms with Gasteiger partial charge in [0.1, 0.15) is 5.75 Å². The lowest BCUT2D eigenvalue weighted by atomic mass is 9.94. The molecule has 1 rings (SSSR count). The van der Waals surface area contributed by atoms with E-state index in [0.717, 1.165) is 6.07 Å². The lowest BCUT2D eigenvalue weighted by molar-refractivity contribution is -0.138. The Morgan fingerprint density at radius 1 is 1.19 bits per heavy atom. The highest BCUT2D eigenvalue weighted by Crippen LogP contribution is 2.37. The van der Waals surface area contributed by atoms with Gasteiger partial charge in [0.15, 0.2) is 0 Å². The van der Waals surface area contributed by atoms with Crippen LogP contribution in [0.5, 0.6) is 5.75 Å². The van der Waals surface area contributed by atoms with Crippen molar-refractivity contribution in [3.8, 4) is 5.75 Å². The van der Waals surface area contributed by atoms with Crippen molar-refractivity contribution >= 4 is 0 Å². The second-order valence-corrected chi connectivity index (χ2v) is 4.13. The van der Waals surface area contributed by atoms with Crippen molar-refractivity contribution in [2.75, 3.05) is 7.11 Å². The Bertz CT molecular complexity index is 380. The second kappa shape index (κ2) is 3.97. The predicted molar refractivity (Wildman–Crippen MR) is 55.2 cm³/mol. The highest BCUT2D eigenvalue weighted by Gasteiger charge is 2.34. The number of ether oxygens (including phenoxy) is 1. The first-order valence-electron chi connectivity index (χ1n) is 4.71. The third-order valence-electron chi connectivity index (χ3n) is 2.25. The predicted octanol–water partition coefficient (Wildman–Crippen LogP) is 2.91. The zero-order valence-corrected chi connectivity index (χ0v) is 9.35. The summed E-state index contributed by atoms with van der Waals surface area (Å²) in [6.07, 6.45) is -4.41. The molecule has 0 bridgehead atoms. The van der Waals surface area contributed by atoms with Gasteiger partial charge in [0.25, 0.3) is 0 Å². The van der Waals surface area contributed by atoms with Gasteiger partial charge in [-0.25, -0.2) is 0 Å². The van der Waals surface area contributed by atoms with Gasteiger partial charge in [-0.15, -0.1) is 0 Å². The minimum Gasteiger partial charge on any atom is -0.496 e. The van der Waals surface area contributed by atoms with Crippen LogP contribution in [0, 0.1) is 0 Å². The molecule has 2 N–H and O–H groups in total. The van der Waals surface area contributed by atoms with Crippen molar-refractivity contribution in [3.63, 3.8) is 0 Å². The Kier molecular flexibility index (Phi) is 3.19. The summed E-state index contributed by atoms with van der Waals surface area (Å²) in [5.41, 5.74) is 4.91. The molecular formula is C11H14F3NO. The summed E-state index contributed by atoms with van der Waals surface area (Å²) in [6, 6.07) is 3.68. The van der Waals surface area contributed by atoms with E-state index in [4.69, 9.17) is 10.5 Å². The highest BCUT2D eigenvalue weighted by molar-refractivity contribution is 5.41. The number of benzene rings is 1. The van der Waals surface area contributed by atoms with Crippen LogP contribution >= 0.6 is 0 Å². The number of halogens is 3. The summed E-state index contributed by atoms with van der Waals surface area (Å²) < 4.78 is 42.4. The van der Waals surface area contributed by atoms with Gasteiger partial charge in [0.2, 0.25) is 0 Å². The molecule has 0 atom stereocenters. The SMILES string of the molecule is COc1cc(C(C)(C)N)ccc1C(F)(F)F. The Morgan fingerprint density at radius 2 is 1.75 bits per heavy atom. The molecule has 0 heterocycles. The maximum atomic E-state index is 12.6. The number of hydrogen-bond donors (Lipinski definition) is 1. The summed E-state index contributed by atoms with van der Waals surface area (Å²) in [5, 5.41) is 0. The molecule has 90 valence electrons. The fourth-order valence-electron chi connectivity index (χ4n) is 1.33. The fraction of sp³-hybridized carbons (Fsp3) is 0.455. The normalized spacial score (nSPS) is 12.7. The van der Waals surface area contributed by atoms with E-state index >= 15 is 0 Å². The molecule has 16 heavy (non-hydrogen) atoms. The summed E-state index contributed by atoms with van der Waals surface area (Å²) in [6.45, 7) is 3.43. The van der Waals surface area contributed by atoms with Crippen molar-refractivity contribution in [2.45, 2.75) is 25.6 Å². The smallest absolute Gasteiger partial charge is 0.419 e. The second-order valence-electron chi connectivity index (χ2n) is 4.13. The molecule has 0 saturated heterocycles.